The molecular formula is C17H51NO4. The summed E-state index contributed by atoms with van der Waals surface area (Å²) in [6, 6.07) is 0. The van der Waals surface area contributed by atoms with Crippen LogP contribution in [-0.2, 0) is 19.2 Å². The Bertz CT molecular complexity index is 213. The van der Waals surface area contributed by atoms with Crippen LogP contribution < -0.4 is 0 Å². The third-order valence-corrected chi connectivity index (χ3v) is 1.23. The quantitative estimate of drug-likeness (QED) is 0.506. The molecule has 5 heteroatoms. The molecule has 0 aromatic heterocycles. The van der Waals surface area contributed by atoms with Gasteiger partial charge in [-0.15, -0.1) is 5.06 Å². The molecule has 1 heterocycles. The summed E-state index contributed by atoms with van der Waals surface area (Å²) in [6.45, 7) is 1.14. The molecule has 0 aromatic carbocycles. The standard InChI is InChI=1S/C6H7NO4.11CH4/c1-4(8)11-7-5(9)2-3-6(7)10;;;;;;;;;;;/h2-3H2,1H3;11*1H4. The first-order chi connectivity index (χ1) is 5.11. The molecule has 148 valence electrons. The fraction of sp³-hybridized carbons (Fsp3) is 0.824. The van der Waals surface area contributed by atoms with E-state index in [0.717, 1.165) is 6.92 Å². The molecule has 22 heavy (non-hydrogen) atoms. The van der Waals surface area contributed by atoms with Crippen LogP contribution in [0, 0.1) is 0 Å². The number of nitrogens with zero attached hydrogens (tertiary/aromatic N) is 1. The molecule has 0 saturated carbocycles. The van der Waals surface area contributed by atoms with Crippen molar-refractivity contribution in [3.8, 4) is 0 Å². The lowest BCUT2D eigenvalue weighted by atomic mass is 10.4. The van der Waals surface area contributed by atoms with Crippen LogP contribution >= 0.6 is 0 Å². The van der Waals surface area contributed by atoms with Crippen molar-refractivity contribution in [2.24, 2.45) is 0 Å². The van der Waals surface area contributed by atoms with Crippen LogP contribution in [0.2, 0.25) is 0 Å². The third kappa shape index (κ3) is 23.7. The van der Waals surface area contributed by atoms with Gasteiger partial charge in [0.1, 0.15) is 0 Å². The number of amides is 2. The third-order valence-electron chi connectivity index (χ3n) is 1.23. The van der Waals surface area contributed by atoms with E-state index in [0.29, 0.717) is 5.06 Å². The summed E-state index contributed by atoms with van der Waals surface area (Å²) in [5.74, 6) is -1.57. The number of imide groups is 1. The molecule has 0 N–H and O–H groups in total. The summed E-state index contributed by atoms with van der Waals surface area (Å²) in [4.78, 5) is 36.1. The maximum Gasteiger partial charge on any atom is 0.330 e. The first kappa shape index (κ1) is 85.8. The molecule has 0 aromatic rings. The maximum absolute atomic E-state index is 10.7. The van der Waals surface area contributed by atoms with Gasteiger partial charge < -0.3 is 4.84 Å². The minimum atomic E-state index is -0.659. The second-order valence-electron chi connectivity index (χ2n) is 2.16. The lowest BCUT2D eigenvalue weighted by Crippen LogP contribution is -2.30. The molecule has 0 atom stereocenters. The Balaban J connectivity index is -0.0000000122. The fourth-order valence-corrected chi connectivity index (χ4v) is 0.786. The van der Waals surface area contributed by atoms with Crippen molar-refractivity contribution in [1.29, 1.82) is 0 Å². The molecule has 0 bridgehead atoms. The lowest BCUT2D eigenvalue weighted by Gasteiger charge is -2.09. The van der Waals surface area contributed by atoms with Gasteiger partial charge in [0, 0.05) is 19.8 Å². The van der Waals surface area contributed by atoms with Crippen molar-refractivity contribution in [3.05, 3.63) is 0 Å². The van der Waals surface area contributed by atoms with Crippen molar-refractivity contribution in [2.45, 2.75) is 101 Å². The first-order valence-electron chi connectivity index (χ1n) is 3.15. The minimum Gasteiger partial charge on any atom is -0.331 e. The predicted molar refractivity (Wildman–Crippen MR) is 107 cm³/mol. The van der Waals surface area contributed by atoms with E-state index >= 15 is 0 Å². The lowest BCUT2D eigenvalue weighted by molar-refractivity contribution is -0.195. The number of rotatable bonds is 1. The van der Waals surface area contributed by atoms with Crippen LogP contribution in [0.1, 0.15) is 101 Å². The van der Waals surface area contributed by atoms with E-state index in [2.05, 4.69) is 4.84 Å². The normalized spacial score (nSPS) is 8.68. The molecule has 0 aliphatic carbocycles. The monoisotopic (exact) mass is 333 g/mol. The fourth-order valence-electron chi connectivity index (χ4n) is 0.786. The van der Waals surface area contributed by atoms with Crippen molar-refractivity contribution in [1.82, 2.24) is 5.06 Å². The Kier molecular flexibility index (Phi) is 143. The first-order valence-corrected chi connectivity index (χ1v) is 3.15. The summed E-state index contributed by atoms with van der Waals surface area (Å²) in [5.41, 5.74) is 0. The summed E-state index contributed by atoms with van der Waals surface area (Å²) in [7, 11) is 0. The molecule has 0 spiro atoms. The molecule has 1 fully saturated rings. The molecule has 5 nitrogen and oxygen atoms in total. The Labute approximate surface area is 144 Å². The number of hydrogen-bond donors (Lipinski definition) is 0. The van der Waals surface area contributed by atoms with Gasteiger partial charge in [-0.3, -0.25) is 9.59 Å². The minimum absolute atomic E-state index is 0. The topological polar surface area (TPSA) is 63.7 Å². The van der Waals surface area contributed by atoms with Gasteiger partial charge >= 0.3 is 5.97 Å². The van der Waals surface area contributed by atoms with Gasteiger partial charge in [0.15, 0.2) is 0 Å². The Morgan fingerprint density at radius 1 is 0.727 bits per heavy atom. The van der Waals surface area contributed by atoms with Gasteiger partial charge in [-0.25, -0.2) is 4.79 Å². The Morgan fingerprint density at radius 2 is 0.955 bits per heavy atom. The second-order valence-corrected chi connectivity index (χ2v) is 2.16. The van der Waals surface area contributed by atoms with E-state index < -0.39 is 17.8 Å². The molecular weight excluding hydrogens is 282 g/mol. The van der Waals surface area contributed by atoms with Crippen molar-refractivity contribution in [2.75, 3.05) is 0 Å². The zero-order valence-electron chi connectivity index (χ0n) is 5.99. The van der Waals surface area contributed by atoms with Gasteiger partial charge in [-0.1, -0.05) is 81.7 Å². The Hall–Kier alpha value is -1.39. The highest BCUT2D eigenvalue weighted by atomic mass is 16.7. The van der Waals surface area contributed by atoms with Gasteiger partial charge in [-0.2, -0.15) is 0 Å². The number of carbonyl (C=O) groups is 3. The molecule has 1 rings (SSSR count). The van der Waals surface area contributed by atoms with Crippen LogP contribution in [0.5, 0.6) is 0 Å². The average Bonchev–Trinajstić information content (AvgIpc) is 2.18. The van der Waals surface area contributed by atoms with E-state index in [4.69, 9.17) is 0 Å². The summed E-state index contributed by atoms with van der Waals surface area (Å²) >= 11 is 0. The smallest absolute Gasteiger partial charge is 0.330 e. The van der Waals surface area contributed by atoms with E-state index in [-0.39, 0.29) is 94.5 Å². The van der Waals surface area contributed by atoms with Crippen LogP contribution in [0.4, 0.5) is 0 Å². The molecule has 1 aliphatic heterocycles. The van der Waals surface area contributed by atoms with E-state index in [1.54, 1.807) is 0 Å². The number of hydroxylamine groups is 2. The van der Waals surface area contributed by atoms with Gasteiger partial charge in [0.25, 0.3) is 11.8 Å². The van der Waals surface area contributed by atoms with Gasteiger partial charge in [-0.05, 0) is 0 Å². The number of hydrogen-bond acceptors (Lipinski definition) is 4. The van der Waals surface area contributed by atoms with E-state index in [1.165, 1.54) is 0 Å². The average molecular weight is 334 g/mol. The highest BCUT2D eigenvalue weighted by molar-refractivity contribution is 6.01. The predicted octanol–water partition coefficient (Wildman–Crippen LogP) is 6.61. The SMILES string of the molecule is C.C.C.C.C.C.C.C.C.C.C.CC(=O)ON1C(=O)CCC1=O. The molecule has 0 unspecified atom stereocenters. The van der Waals surface area contributed by atoms with Crippen LogP contribution in [0.3, 0.4) is 0 Å². The van der Waals surface area contributed by atoms with Crippen LogP contribution in [0.15, 0.2) is 0 Å². The highest BCUT2D eigenvalue weighted by Crippen LogP contribution is 2.11. The van der Waals surface area contributed by atoms with Crippen molar-refractivity contribution >= 4 is 17.8 Å². The zero-order valence-corrected chi connectivity index (χ0v) is 5.99. The number of carbonyl (C=O) groups excluding carboxylic acids is 3. The van der Waals surface area contributed by atoms with Gasteiger partial charge in [0.05, 0.1) is 0 Å². The molecule has 1 saturated heterocycles. The summed E-state index contributed by atoms with van der Waals surface area (Å²) in [6.07, 6.45) is 0.262. The molecule has 0 radical (unpaired) electrons. The highest BCUT2D eigenvalue weighted by Gasteiger charge is 2.31. The molecule has 1 aliphatic rings. The van der Waals surface area contributed by atoms with E-state index in [9.17, 15) is 14.4 Å². The van der Waals surface area contributed by atoms with Crippen molar-refractivity contribution < 1.29 is 19.2 Å². The Morgan fingerprint density at radius 3 is 1.14 bits per heavy atom. The van der Waals surface area contributed by atoms with Crippen LogP contribution in [-0.4, -0.2) is 22.8 Å². The van der Waals surface area contributed by atoms with E-state index in [1.807, 2.05) is 0 Å². The largest absolute Gasteiger partial charge is 0.331 e. The second kappa shape index (κ2) is 36.7. The summed E-state index contributed by atoms with van der Waals surface area (Å²) in [5, 5.41) is 0.516. The van der Waals surface area contributed by atoms with Crippen molar-refractivity contribution in [3.63, 3.8) is 0 Å². The zero-order chi connectivity index (χ0) is 8.43. The maximum atomic E-state index is 10.7. The van der Waals surface area contributed by atoms with Crippen LogP contribution in [0.25, 0.3) is 0 Å². The van der Waals surface area contributed by atoms with Gasteiger partial charge in [0.2, 0.25) is 0 Å². The summed E-state index contributed by atoms with van der Waals surface area (Å²) < 4.78 is 0. The molecule has 2 amide bonds.